The van der Waals surface area contributed by atoms with E-state index in [9.17, 15) is 19.2 Å². The second kappa shape index (κ2) is 14.4. The smallest absolute Gasteiger partial charge is 0.338 e. The number of allylic oxidation sites excluding steroid dienone is 2. The van der Waals surface area contributed by atoms with Gasteiger partial charge in [0.25, 0.3) is 0 Å². The summed E-state index contributed by atoms with van der Waals surface area (Å²) in [5.74, 6) is -1.95. The number of carbonyl (C=O) groups is 4. The number of esters is 4. The van der Waals surface area contributed by atoms with Crippen LogP contribution in [0.15, 0.2) is 37.5 Å². The Morgan fingerprint density at radius 3 is 1.59 bits per heavy atom. The Hall–Kier alpha value is -2.58. The van der Waals surface area contributed by atoms with Crippen molar-refractivity contribution in [2.24, 2.45) is 0 Å². The molecule has 4 aliphatic rings. The molecule has 0 bridgehead atoms. The van der Waals surface area contributed by atoms with Crippen LogP contribution in [0.5, 0.6) is 0 Å². The van der Waals surface area contributed by atoms with Crippen LogP contribution in [-0.4, -0.2) is 49.3 Å². The lowest BCUT2D eigenvalue weighted by Gasteiger charge is -1.88. The van der Waals surface area contributed by atoms with Crippen molar-refractivity contribution in [3.8, 4) is 0 Å². The molecule has 8 nitrogen and oxygen atoms in total. The molecule has 3 fully saturated rings. The maximum atomic E-state index is 10.0. The zero-order valence-electron chi connectivity index (χ0n) is 16.5. The quantitative estimate of drug-likeness (QED) is 0.208. The van der Waals surface area contributed by atoms with E-state index < -0.39 is 23.9 Å². The number of ether oxygens (including phenoxy) is 4. The van der Waals surface area contributed by atoms with Crippen LogP contribution in [0.1, 0.15) is 44.9 Å². The zero-order valence-corrected chi connectivity index (χ0v) is 16.5. The summed E-state index contributed by atoms with van der Waals surface area (Å²) >= 11 is 0. The summed E-state index contributed by atoms with van der Waals surface area (Å²) in [5, 5.41) is 0. The van der Waals surface area contributed by atoms with Gasteiger partial charge in [0, 0.05) is 12.2 Å². The molecule has 0 spiro atoms. The molecule has 0 amide bonds. The first-order valence-electron chi connectivity index (χ1n) is 9.57. The van der Waals surface area contributed by atoms with Crippen molar-refractivity contribution in [2.75, 3.05) is 13.2 Å². The molecule has 0 N–H and O–H groups in total. The third-order valence-electron chi connectivity index (χ3n) is 3.75. The minimum Gasteiger partial charge on any atom is -0.393 e. The van der Waals surface area contributed by atoms with Crippen molar-refractivity contribution < 1.29 is 38.1 Å². The van der Waals surface area contributed by atoms with Gasteiger partial charge in [0.1, 0.15) is 0 Å². The zero-order chi connectivity index (χ0) is 21.5. The lowest BCUT2D eigenvalue weighted by Crippen LogP contribution is -1.96. The molecule has 0 saturated carbocycles. The number of hydrogen-bond acceptors (Lipinski definition) is 8. The van der Waals surface area contributed by atoms with Gasteiger partial charge in [-0.2, -0.15) is 0 Å². The van der Waals surface area contributed by atoms with Crippen molar-refractivity contribution in [3.63, 3.8) is 0 Å². The highest BCUT2D eigenvalue weighted by atomic mass is 16.6. The Kier molecular flexibility index (Phi) is 12.2. The van der Waals surface area contributed by atoms with Crippen molar-refractivity contribution in [1.82, 2.24) is 0 Å². The van der Waals surface area contributed by atoms with Crippen LogP contribution < -0.4 is 0 Å². The molecule has 0 aliphatic carbocycles. The molecule has 3 saturated heterocycles. The Morgan fingerprint density at radius 2 is 1.28 bits per heavy atom. The second-order valence-electron chi connectivity index (χ2n) is 6.42. The van der Waals surface area contributed by atoms with E-state index in [1.165, 1.54) is 19.3 Å². The molecule has 8 heteroatoms. The Balaban J connectivity index is 0.000000194. The largest absolute Gasteiger partial charge is 0.393 e. The van der Waals surface area contributed by atoms with Crippen LogP contribution >= 0.6 is 0 Å². The number of carbonyl (C=O) groups excluding carboxylic acids is 4. The average molecular weight is 408 g/mol. The van der Waals surface area contributed by atoms with E-state index in [0.29, 0.717) is 12.2 Å². The first-order valence-corrected chi connectivity index (χ1v) is 9.57. The van der Waals surface area contributed by atoms with Gasteiger partial charge in [-0.3, -0.25) is 9.59 Å². The van der Waals surface area contributed by atoms with Gasteiger partial charge >= 0.3 is 23.9 Å². The molecule has 0 aromatic heterocycles. The first kappa shape index (κ1) is 24.5. The molecule has 2 atom stereocenters. The van der Waals surface area contributed by atoms with Crippen LogP contribution in [-0.2, 0) is 38.1 Å². The number of hydrogen-bond donors (Lipinski definition) is 0. The van der Waals surface area contributed by atoms with Gasteiger partial charge in [-0.25, -0.2) is 9.59 Å². The van der Waals surface area contributed by atoms with Crippen molar-refractivity contribution in [1.29, 1.82) is 0 Å². The lowest BCUT2D eigenvalue weighted by molar-refractivity contribution is -0.153. The van der Waals surface area contributed by atoms with Gasteiger partial charge in [0.05, 0.1) is 38.3 Å². The number of unbranched alkanes of at least 4 members (excludes halogenated alkanes) is 1. The SMILES string of the molecule is C=CCCC1CO1.C=CCCCC1CO1.O=C1C=CC(=O)O1.O=C1CCC(=O)O1. The van der Waals surface area contributed by atoms with E-state index >= 15 is 0 Å². The van der Waals surface area contributed by atoms with Gasteiger partial charge < -0.3 is 18.9 Å². The second-order valence-corrected chi connectivity index (χ2v) is 6.42. The first-order chi connectivity index (χ1) is 13.9. The number of cyclic esters (lactones) is 4. The van der Waals surface area contributed by atoms with E-state index in [1.807, 2.05) is 12.2 Å². The highest BCUT2D eigenvalue weighted by Crippen LogP contribution is 2.16. The van der Waals surface area contributed by atoms with Crippen molar-refractivity contribution >= 4 is 23.9 Å². The van der Waals surface area contributed by atoms with Crippen LogP contribution in [0.4, 0.5) is 0 Å². The summed E-state index contributed by atoms with van der Waals surface area (Å²) in [6.45, 7) is 9.22. The summed E-state index contributed by atoms with van der Waals surface area (Å²) in [4.78, 5) is 39.9. The van der Waals surface area contributed by atoms with Gasteiger partial charge in [0.2, 0.25) is 0 Å². The molecule has 4 aliphatic heterocycles. The monoisotopic (exact) mass is 408 g/mol. The molecule has 0 radical (unpaired) electrons. The molecular weight excluding hydrogens is 380 g/mol. The standard InChI is InChI=1S/C7H12O.C6H10O.C4H4O3.C4H2O3/c1-2-3-4-5-7-6-8-7;1-2-3-4-6-5-7-6;2*5-3-1-2-4(6)7-3/h2,7H,1,3-6H2;2,6H,1,3-5H2;1-2H2;1-2H. The fraction of sp³-hybridized carbons (Fsp3) is 0.524. The van der Waals surface area contributed by atoms with Gasteiger partial charge in [-0.05, 0) is 32.1 Å². The molecule has 0 aromatic carbocycles. The van der Waals surface area contributed by atoms with Gasteiger partial charge in [0.15, 0.2) is 0 Å². The fourth-order valence-electron chi connectivity index (χ4n) is 2.00. The summed E-state index contributed by atoms with van der Waals surface area (Å²) < 4.78 is 18.0. The van der Waals surface area contributed by atoms with Crippen LogP contribution in [0, 0.1) is 0 Å². The van der Waals surface area contributed by atoms with Crippen LogP contribution in [0.2, 0.25) is 0 Å². The highest BCUT2D eigenvalue weighted by molar-refractivity contribution is 6.04. The minimum absolute atomic E-state index is 0.263. The van der Waals surface area contributed by atoms with E-state index in [1.54, 1.807) is 0 Å². The van der Waals surface area contributed by atoms with Crippen molar-refractivity contribution in [3.05, 3.63) is 37.5 Å². The van der Waals surface area contributed by atoms with Crippen molar-refractivity contribution in [2.45, 2.75) is 57.2 Å². The van der Waals surface area contributed by atoms with Gasteiger partial charge in [-0.15, -0.1) is 13.2 Å². The maximum Gasteiger partial charge on any atom is 0.338 e. The normalized spacial score (nSPS) is 22.6. The molecule has 2 unspecified atom stereocenters. The molecule has 160 valence electrons. The Bertz CT molecular complexity index is 584. The summed E-state index contributed by atoms with van der Waals surface area (Å²) in [7, 11) is 0. The van der Waals surface area contributed by atoms with E-state index in [-0.39, 0.29) is 12.8 Å². The fourth-order valence-corrected chi connectivity index (χ4v) is 2.00. The van der Waals surface area contributed by atoms with Gasteiger partial charge in [-0.1, -0.05) is 12.2 Å². The van der Waals surface area contributed by atoms with E-state index in [2.05, 4.69) is 22.6 Å². The minimum atomic E-state index is -0.579. The van der Waals surface area contributed by atoms with E-state index in [0.717, 1.165) is 38.2 Å². The lowest BCUT2D eigenvalue weighted by atomic mass is 10.2. The highest BCUT2D eigenvalue weighted by Gasteiger charge is 2.21. The van der Waals surface area contributed by atoms with Crippen LogP contribution in [0.3, 0.4) is 0 Å². The summed E-state index contributed by atoms with van der Waals surface area (Å²) in [6.07, 6.45) is 13.7. The Labute approximate surface area is 170 Å². The summed E-state index contributed by atoms with van der Waals surface area (Å²) in [5.41, 5.74) is 0. The molecule has 4 rings (SSSR count). The average Bonchev–Trinajstić information content (AvgIpc) is 3.61. The van der Waals surface area contributed by atoms with E-state index in [4.69, 9.17) is 9.47 Å². The molecule has 29 heavy (non-hydrogen) atoms. The third-order valence-corrected chi connectivity index (χ3v) is 3.75. The Morgan fingerprint density at radius 1 is 0.793 bits per heavy atom. The number of rotatable bonds is 7. The topological polar surface area (TPSA) is 112 Å². The van der Waals surface area contributed by atoms with Crippen LogP contribution in [0.25, 0.3) is 0 Å². The predicted octanol–water partition coefficient (Wildman–Crippen LogP) is 2.57. The summed E-state index contributed by atoms with van der Waals surface area (Å²) in [6, 6.07) is 0. The maximum absolute atomic E-state index is 10.0. The molecular formula is C21H28O8. The molecule has 4 heterocycles. The predicted molar refractivity (Wildman–Crippen MR) is 104 cm³/mol. The third kappa shape index (κ3) is 15.1. The number of epoxide rings is 2. The molecule has 0 aromatic rings.